The topological polar surface area (TPSA) is 61.1 Å². The minimum atomic E-state index is -0.109. The molecule has 1 amide bonds. The predicted molar refractivity (Wildman–Crippen MR) is 94.3 cm³/mol. The van der Waals surface area contributed by atoms with Crippen LogP contribution in [0.2, 0.25) is 0 Å². The second-order valence-corrected chi connectivity index (χ2v) is 5.73. The van der Waals surface area contributed by atoms with E-state index in [0.29, 0.717) is 30.1 Å². The van der Waals surface area contributed by atoms with Crippen molar-refractivity contribution in [2.24, 2.45) is 0 Å². The molecular formula is C19H25NO5. The van der Waals surface area contributed by atoms with E-state index < -0.39 is 0 Å². The molecule has 0 saturated heterocycles. The second-order valence-electron chi connectivity index (χ2n) is 5.73. The first-order chi connectivity index (χ1) is 12.0. The van der Waals surface area contributed by atoms with Gasteiger partial charge in [-0.3, -0.25) is 4.79 Å². The van der Waals surface area contributed by atoms with Crippen LogP contribution in [-0.2, 0) is 11.2 Å². The Hall–Kier alpha value is -2.63. The monoisotopic (exact) mass is 347 g/mol. The first-order valence-corrected chi connectivity index (χ1v) is 8.09. The highest BCUT2D eigenvalue weighted by Gasteiger charge is 2.20. The fourth-order valence-electron chi connectivity index (χ4n) is 2.64. The molecule has 2 rings (SSSR count). The zero-order valence-corrected chi connectivity index (χ0v) is 15.4. The fraction of sp³-hybridized carbons (Fsp3) is 0.421. The number of hydrogen-bond acceptors (Lipinski definition) is 5. The van der Waals surface area contributed by atoms with Gasteiger partial charge in [0.15, 0.2) is 11.5 Å². The molecule has 0 aliphatic carbocycles. The Balaban J connectivity index is 2.06. The molecule has 1 atom stereocenters. The molecule has 1 aromatic heterocycles. The number of benzene rings is 1. The summed E-state index contributed by atoms with van der Waals surface area (Å²) in [7, 11) is 6.50. The molecule has 136 valence electrons. The largest absolute Gasteiger partial charge is 0.493 e. The molecule has 0 N–H and O–H groups in total. The molecule has 1 unspecified atom stereocenters. The average molecular weight is 347 g/mol. The van der Waals surface area contributed by atoms with Gasteiger partial charge < -0.3 is 23.5 Å². The lowest BCUT2D eigenvalue weighted by Gasteiger charge is -2.23. The minimum absolute atomic E-state index is 0.0395. The smallest absolute Gasteiger partial charge is 0.223 e. The van der Waals surface area contributed by atoms with Crippen molar-refractivity contribution in [2.75, 3.05) is 28.4 Å². The molecule has 6 nitrogen and oxygen atoms in total. The first-order valence-electron chi connectivity index (χ1n) is 8.09. The highest BCUT2D eigenvalue weighted by Crippen LogP contribution is 2.38. The molecule has 6 heteroatoms. The van der Waals surface area contributed by atoms with E-state index in [9.17, 15) is 4.79 Å². The lowest BCUT2D eigenvalue weighted by Crippen LogP contribution is -2.29. The molecule has 0 bridgehead atoms. The number of furan rings is 1. The molecule has 0 spiro atoms. The summed E-state index contributed by atoms with van der Waals surface area (Å²) in [5.41, 5.74) is 0.946. The summed E-state index contributed by atoms with van der Waals surface area (Å²) >= 11 is 0. The van der Waals surface area contributed by atoms with E-state index in [4.69, 9.17) is 18.6 Å². The van der Waals surface area contributed by atoms with Gasteiger partial charge in [0.05, 0.1) is 33.6 Å². The number of carbonyl (C=O) groups excluding carboxylic acids is 1. The minimum Gasteiger partial charge on any atom is -0.493 e. The third-order valence-corrected chi connectivity index (χ3v) is 4.28. The fourth-order valence-corrected chi connectivity index (χ4v) is 2.64. The molecule has 0 fully saturated rings. The number of amides is 1. The Morgan fingerprint density at radius 2 is 1.80 bits per heavy atom. The van der Waals surface area contributed by atoms with Crippen molar-refractivity contribution in [3.8, 4) is 17.2 Å². The SMILES string of the molecule is COc1cc(CCC(=O)N(C)C(C)c2ccco2)cc(OC)c1OC. The zero-order chi connectivity index (χ0) is 18.4. The number of hydrogen-bond donors (Lipinski definition) is 0. The predicted octanol–water partition coefficient (Wildman–Crippen LogP) is 3.46. The Morgan fingerprint density at radius 3 is 2.28 bits per heavy atom. The first kappa shape index (κ1) is 18.7. The van der Waals surface area contributed by atoms with E-state index in [-0.39, 0.29) is 11.9 Å². The van der Waals surface area contributed by atoms with Gasteiger partial charge in [-0.1, -0.05) is 0 Å². The Morgan fingerprint density at radius 1 is 1.16 bits per heavy atom. The molecule has 1 aromatic carbocycles. The highest BCUT2D eigenvalue weighted by atomic mass is 16.5. The van der Waals surface area contributed by atoms with E-state index in [1.54, 1.807) is 39.5 Å². The molecule has 0 aliphatic heterocycles. The van der Waals surface area contributed by atoms with Gasteiger partial charge in [-0.15, -0.1) is 0 Å². The maximum Gasteiger partial charge on any atom is 0.223 e. The molecule has 0 aliphatic rings. The molecular weight excluding hydrogens is 322 g/mol. The molecule has 0 radical (unpaired) electrons. The maximum absolute atomic E-state index is 12.5. The number of nitrogens with zero attached hydrogens (tertiary/aromatic N) is 1. The van der Waals surface area contributed by atoms with Crippen molar-refractivity contribution in [1.82, 2.24) is 4.90 Å². The Labute approximate surface area is 148 Å². The third kappa shape index (κ3) is 4.26. The Bertz CT molecular complexity index is 671. The third-order valence-electron chi connectivity index (χ3n) is 4.28. The lowest BCUT2D eigenvalue weighted by molar-refractivity contribution is -0.132. The van der Waals surface area contributed by atoms with Crippen LogP contribution in [0.4, 0.5) is 0 Å². The van der Waals surface area contributed by atoms with Crippen molar-refractivity contribution >= 4 is 5.91 Å². The van der Waals surface area contributed by atoms with Crippen molar-refractivity contribution in [3.63, 3.8) is 0 Å². The quantitative estimate of drug-likeness (QED) is 0.732. The van der Waals surface area contributed by atoms with Gasteiger partial charge in [0.1, 0.15) is 5.76 Å². The van der Waals surface area contributed by atoms with Gasteiger partial charge in [-0.05, 0) is 43.2 Å². The van der Waals surface area contributed by atoms with Crippen LogP contribution in [0.15, 0.2) is 34.9 Å². The van der Waals surface area contributed by atoms with Gasteiger partial charge in [0.25, 0.3) is 0 Å². The number of rotatable bonds is 8. The summed E-state index contributed by atoms with van der Waals surface area (Å²) in [6.07, 6.45) is 2.56. The summed E-state index contributed by atoms with van der Waals surface area (Å²) in [6.45, 7) is 1.94. The van der Waals surface area contributed by atoms with Crippen LogP contribution < -0.4 is 14.2 Å². The maximum atomic E-state index is 12.5. The van der Waals surface area contributed by atoms with Gasteiger partial charge in [0, 0.05) is 13.5 Å². The zero-order valence-electron chi connectivity index (χ0n) is 15.4. The summed E-state index contributed by atoms with van der Waals surface area (Å²) in [4.78, 5) is 14.2. The van der Waals surface area contributed by atoms with Gasteiger partial charge in [0.2, 0.25) is 11.7 Å². The summed E-state index contributed by atoms with van der Waals surface area (Å²) in [5.74, 6) is 2.52. The lowest BCUT2D eigenvalue weighted by atomic mass is 10.1. The van der Waals surface area contributed by atoms with Crippen molar-refractivity contribution in [3.05, 3.63) is 41.9 Å². The van der Waals surface area contributed by atoms with Crippen LogP contribution in [0.1, 0.15) is 30.7 Å². The summed E-state index contributed by atoms with van der Waals surface area (Å²) in [5, 5.41) is 0. The van der Waals surface area contributed by atoms with E-state index in [0.717, 1.165) is 11.3 Å². The van der Waals surface area contributed by atoms with Crippen molar-refractivity contribution < 1.29 is 23.4 Å². The number of ether oxygens (including phenoxy) is 3. The molecule has 2 aromatic rings. The van der Waals surface area contributed by atoms with Crippen LogP contribution in [0.5, 0.6) is 17.2 Å². The van der Waals surface area contributed by atoms with Crippen LogP contribution in [0, 0.1) is 0 Å². The van der Waals surface area contributed by atoms with Crippen LogP contribution in [-0.4, -0.2) is 39.2 Å². The molecule has 25 heavy (non-hydrogen) atoms. The number of aryl methyl sites for hydroxylation is 1. The van der Waals surface area contributed by atoms with Crippen LogP contribution in [0.3, 0.4) is 0 Å². The van der Waals surface area contributed by atoms with Crippen LogP contribution in [0.25, 0.3) is 0 Å². The number of carbonyl (C=O) groups is 1. The average Bonchev–Trinajstić information content (AvgIpc) is 3.18. The standard InChI is InChI=1S/C19H25NO5/c1-13(15-7-6-10-25-15)20(2)18(21)9-8-14-11-16(22-3)19(24-5)17(12-14)23-4/h6-7,10-13H,8-9H2,1-5H3. The van der Waals surface area contributed by atoms with E-state index in [2.05, 4.69) is 0 Å². The van der Waals surface area contributed by atoms with Crippen molar-refractivity contribution in [1.29, 1.82) is 0 Å². The number of methoxy groups -OCH3 is 3. The normalized spacial score (nSPS) is 11.7. The van der Waals surface area contributed by atoms with Gasteiger partial charge in [-0.25, -0.2) is 0 Å². The van der Waals surface area contributed by atoms with E-state index >= 15 is 0 Å². The molecule has 1 heterocycles. The van der Waals surface area contributed by atoms with E-state index in [1.807, 2.05) is 31.2 Å². The molecule has 0 saturated carbocycles. The van der Waals surface area contributed by atoms with Gasteiger partial charge in [-0.2, -0.15) is 0 Å². The van der Waals surface area contributed by atoms with Gasteiger partial charge >= 0.3 is 0 Å². The second kappa shape index (κ2) is 8.46. The summed E-state index contributed by atoms with van der Waals surface area (Å²) < 4.78 is 21.4. The Kier molecular flexibility index (Phi) is 6.33. The van der Waals surface area contributed by atoms with E-state index in [1.165, 1.54) is 0 Å². The summed E-state index contributed by atoms with van der Waals surface area (Å²) in [6, 6.07) is 7.31. The van der Waals surface area contributed by atoms with Crippen molar-refractivity contribution in [2.45, 2.75) is 25.8 Å². The van der Waals surface area contributed by atoms with Crippen LogP contribution >= 0.6 is 0 Å². The highest BCUT2D eigenvalue weighted by molar-refractivity contribution is 5.76.